The number of benzene rings is 1. The van der Waals surface area contributed by atoms with Crippen molar-refractivity contribution in [1.29, 1.82) is 0 Å². The molecule has 1 aromatic heterocycles. The Hall–Kier alpha value is -2.48. The molecule has 2 aromatic rings. The molecule has 0 aliphatic carbocycles. The summed E-state index contributed by atoms with van der Waals surface area (Å²) in [4.78, 5) is 19.8. The third-order valence-corrected chi connectivity index (χ3v) is 4.83. The maximum absolute atomic E-state index is 12.6. The van der Waals surface area contributed by atoms with Crippen LogP contribution in [0.15, 0.2) is 29.2 Å². The van der Waals surface area contributed by atoms with E-state index in [2.05, 4.69) is 19.4 Å². The van der Waals surface area contributed by atoms with E-state index in [1.54, 1.807) is 19.9 Å². The Morgan fingerprint density at radius 1 is 1.09 bits per heavy atom. The number of carbonyl (C=O) groups is 1. The molecule has 1 aromatic carbocycles. The molecule has 1 N–H and O–H groups in total. The molecular formula is C15H17N3O4S. The van der Waals surface area contributed by atoms with Gasteiger partial charge >= 0.3 is 5.97 Å². The number of carbonyl (C=O) groups excluding carboxylic acids is 1. The summed E-state index contributed by atoms with van der Waals surface area (Å²) in [5.41, 5.74) is 2.19. The number of rotatable bonds is 4. The van der Waals surface area contributed by atoms with Crippen LogP contribution in [0.2, 0.25) is 0 Å². The maximum atomic E-state index is 12.6. The summed E-state index contributed by atoms with van der Waals surface area (Å²) < 4.78 is 32.0. The third kappa shape index (κ3) is 3.48. The first-order valence-corrected chi connectivity index (χ1v) is 8.26. The molecule has 1 heterocycles. The second-order valence-electron chi connectivity index (χ2n) is 4.94. The van der Waals surface area contributed by atoms with Crippen molar-refractivity contribution in [1.82, 2.24) is 9.97 Å². The largest absolute Gasteiger partial charge is 0.465 e. The Morgan fingerprint density at radius 2 is 1.65 bits per heavy atom. The van der Waals surface area contributed by atoms with E-state index >= 15 is 0 Å². The Kier molecular flexibility index (Phi) is 4.65. The number of ether oxygens (including phenoxy) is 1. The van der Waals surface area contributed by atoms with Gasteiger partial charge in [-0.25, -0.2) is 27.9 Å². The molecule has 7 nitrogen and oxygen atoms in total. The highest BCUT2D eigenvalue weighted by molar-refractivity contribution is 7.92. The van der Waals surface area contributed by atoms with Gasteiger partial charge in [-0.05, 0) is 38.5 Å². The minimum Gasteiger partial charge on any atom is -0.465 e. The van der Waals surface area contributed by atoms with Gasteiger partial charge in [0.1, 0.15) is 4.90 Å². The Bertz CT molecular complexity index is 840. The topological polar surface area (TPSA) is 98.2 Å². The molecular weight excluding hydrogens is 318 g/mol. The Balaban J connectivity index is 2.47. The lowest BCUT2D eigenvalue weighted by atomic mass is 10.2. The van der Waals surface area contributed by atoms with Crippen molar-refractivity contribution in [2.45, 2.75) is 25.7 Å². The number of nitrogens with zero attached hydrogens (tertiary/aromatic N) is 2. The van der Waals surface area contributed by atoms with E-state index in [1.807, 2.05) is 6.92 Å². The minimum atomic E-state index is -4.02. The van der Waals surface area contributed by atoms with E-state index in [0.717, 1.165) is 5.56 Å². The molecule has 2 rings (SSSR count). The van der Waals surface area contributed by atoms with E-state index in [0.29, 0.717) is 11.4 Å². The average molecular weight is 335 g/mol. The van der Waals surface area contributed by atoms with Gasteiger partial charge in [0.15, 0.2) is 0 Å². The summed E-state index contributed by atoms with van der Waals surface area (Å²) in [6.45, 7) is 5.39. The predicted molar refractivity (Wildman–Crippen MR) is 84.8 cm³/mol. The van der Waals surface area contributed by atoms with Gasteiger partial charge < -0.3 is 4.74 Å². The molecule has 122 valence electrons. The van der Waals surface area contributed by atoms with Crippen molar-refractivity contribution in [3.63, 3.8) is 0 Å². The molecule has 0 spiro atoms. The monoisotopic (exact) mass is 335 g/mol. The standard InChI is InChI=1S/C15H17N3O4S/c1-9-10(2)16-15(17-11(9)3)18-23(20,21)13-8-6-5-7-12(13)14(19)22-4/h5-8H,1-4H3,(H,16,17,18). The molecule has 0 saturated carbocycles. The zero-order chi connectivity index (χ0) is 17.2. The number of aryl methyl sites for hydroxylation is 2. The second-order valence-corrected chi connectivity index (χ2v) is 6.59. The summed E-state index contributed by atoms with van der Waals surface area (Å²) in [7, 11) is -2.83. The molecule has 0 aliphatic heterocycles. The minimum absolute atomic E-state index is 0.0368. The Morgan fingerprint density at radius 3 is 2.22 bits per heavy atom. The van der Waals surface area contributed by atoms with E-state index in [9.17, 15) is 13.2 Å². The van der Waals surface area contributed by atoms with Crippen LogP contribution in [0.1, 0.15) is 27.3 Å². The molecule has 0 unspecified atom stereocenters. The van der Waals surface area contributed by atoms with Crippen LogP contribution < -0.4 is 4.72 Å². The number of methoxy groups -OCH3 is 1. The van der Waals surface area contributed by atoms with Crippen molar-refractivity contribution in [3.8, 4) is 0 Å². The highest BCUT2D eigenvalue weighted by Crippen LogP contribution is 2.20. The molecule has 0 fully saturated rings. The summed E-state index contributed by atoms with van der Waals surface area (Å²) in [6.07, 6.45) is 0. The predicted octanol–water partition coefficient (Wildman–Crippen LogP) is 1.99. The molecule has 8 heteroatoms. The summed E-state index contributed by atoms with van der Waals surface area (Å²) in [5, 5.41) is 0. The van der Waals surface area contributed by atoms with Crippen molar-refractivity contribution in [2.24, 2.45) is 0 Å². The van der Waals surface area contributed by atoms with Gasteiger partial charge in [0.05, 0.1) is 12.7 Å². The molecule has 0 saturated heterocycles. The van der Waals surface area contributed by atoms with Gasteiger partial charge in [-0.1, -0.05) is 12.1 Å². The fourth-order valence-corrected chi connectivity index (χ4v) is 3.11. The molecule has 0 amide bonds. The van der Waals surface area contributed by atoms with Crippen LogP contribution in [-0.4, -0.2) is 31.5 Å². The van der Waals surface area contributed by atoms with Crippen molar-refractivity contribution in [3.05, 3.63) is 46.8 Å². The van der Waals surface area contributed by atoms with Crippen LogP contribution in [0.5, 0.6) is 0 Å². The first kappa shape index (κ1) is 16.9. The first-order chi connectivity index (χ1) is 10.8. The average Bonchev–Trinajstić information content (AvgIpc) is 2.51. The fourth-order valence-electron chi connectivity index (χ4n) is 1.97. The summed E-state index contributed by atoms with van der Waals surface area (Å²) >= 11 is 0. The highest BCUT2D eigenvalue weighted by Gasteiger charge is 2.23. The van der Waals surface area contributed by atoms with Gasteiger partial charge in [-0.2, -0.15) is 0 Å². The highest BCUT2D eigenvalue weighted by atomic mass is 32.2. The van der Waals surface area contributed by atoms with Gasteiger partial charge in [0.2, 0.25) is 5.95 Å². The lowest BCUT2D eigenvalue weighted by Crippen LogP contribution is -2.19. The number of hydrogen-bond donors (Lipinski definition) is 1. The van der Waals surface area contributed by atoms with Crippen molar-refractivity contribution < 1.29 is 17.9 Å². The van der Waals surface area contributed by atoms with Gasteiger partial charge in [-0.3, -0.25) is 0 Å². The SMILES string of the molecule is COC(=O)c1ccccc1S(=O)(=O)Nc1nc(C)c(C)c(C)n1. The zero-order valence-corrected chi connectivity index (χ0v) is 14.1. The van der Waals surface area contributed by atoms with Crippen LogP contribution in [-0.2, 0) is 14.8 Å². The lowest BCUT2D eigenvalue weighted by Gasteiger charge is -2.12. The number of aromatic nitrogens is 2. The first-order valence-electron chi connectivity index (χ1n) is 6.78. The molecule has 23 heavy (non-hydrogen) atoms. The van der Waals surface area contributed by atoms with Crippen molar-refractivity contribution in [2.75, 3.05) is 11.8 Å². The van der Waals surface area contributed by atoms with Gasteiger partial charge in [0.25, 0.3) is 10.0 Å². The number of hydrogen-bond acceptors (Lipinski definition) is 6. The lowest BCUT2D eigenvalue weighted by molar-refractivity contribution is 0.0596. The van der Waals surface area contributed by atoms with E-state index in [4.69, 9.17) is 0 Å². The van der Waals surface area contributed by atoms with Crippen LogP contribution >= 0.6 is 0 Å². The summed E-state index contributed by atoms with van der Waals surface area (Å²) in [5.74, 6) is -0.770. The van der Waals surface area contributed by atoms with E-state index in [1.165, 1.54) is 25.3 Å². The smallest absolute Gasteiger partial charge is 0.339 e. The van der Waals surface area contributed by atoms with E-state index < -0.39 is 16.0 Å². The number of esters is 1. The molecule has 0 aliphatic rings. The Labute approximate surface area is 134 Å². The quantitative estimate of drug-likeness (QED) is 0.858. The second kappa shape index (κ2) is 6.33. The van der Waals surface area contributed by atoms with Crippen LogP contribution in [0, 0.1) is 20.8 Å². The molecule has 0 radical (unpaired) electrons. The maximum Gasteiger partial charge on any atom is 0.339 e. The number of anilines is 1. The third-order valence-electron chi connectivity index (χ3n) is 3.44. The number of sulfonamides is 1. The fraction of sp³-hybridized carbons (Fsp3) is 0.267. The van der Waals surface area contributed by atoms with Gasteiger partial charge in [0, 0.05) is 11.4 Å². The number of nitrogens with one attached hydrogen (secondary N) is 1. The molecule has 0 bridgehead atoms. The van der Waals surface area contributed by atoms with Crippen LogP contribution in [0.3, 0.4) is 0 Å². The zero-order valence-electron chi connectivity index (χ0n) is 13.2. The van der Waals surface area contributed by atoms with E-state index in [-0.39, 0.29) is 16.4 Å². The normalized spacial score (nSPS) is 11.1. The van der Waals surface area contributed by atoms with Gasteiger partial charge in [-0.15, -0.1) is 0 Å². The van der Waals surface area contributed by atoms with Crippen LogP contribution in [0.25, 0.3) is 0 Å². The van der Waals surface area contributed by atoms with Crippen molar-refractivity contribution >= 4 is 21.9 Å². The summed E-state index contributed by atoms with van der Waals surface area (Å²) in [6, 6.07) is 5.78. The van der Waals surface area contributed by atoms with Crippen LogP contribution in [0.4, 0.5) is 5.95 Å². The molecule has 0 atom stereocenters.